The van der Waals surface area contributed by atoms with Gasteiger partial charge in [-0.25, -0.2) is 9.59 Å². The van der Waals surface area contributed by atoms with Gasteiger partial charge in [-0.05, 0) is 45.4 Å². The number of carbonyl (C=O) groups excluding carboxylic acids is 5. The molecule has 1 unspecified atom stereocenters. The average Bonchev–Trinajstić information content (AvgIpc) is 3.27. The second kappa shape index (κ2) is 11.0. The van der Waals surface area contributed by atoms with E-state index in [0.29, 0.717) is 0 Å². The van der Waals surface area contributed by atoms with E-state index in [-0.39, 0.29) is 40.5 Å². The summed E-state index contributed by atoms with van der Waals surface area (Å²) in [6.45, 7) is 6.65. The summed E-state index contributed by atoms with van der Waals surface area (Å²) >= 11 is 0.984. The van der Waals surface area contributed by atoms with E-state index in [2.05, 4.69) is 15.6 Å². The number of ketones is 2. The largest absolute Gasteiger partial charge is 0.464 e. The van der Waals surface area contributed by atoms with Crippen molar-refractivity contribution in [3.05, 3.63) is 76.0 Å². The highest BCUT2D eigenvalue weighted by Crippen LogP contribution is 2.45. The molecule has 1 aliphatic carbocycles. The van der Waals surface area contributed by atoms with Crippen LogP contribution in [0.1, 0.15) is 54.1 Å². The number of nitrogens with one attached hydrogen (secondary N) is 2. The summed E-state index contributed by atoms with van der Waals surface area (Å²) in [6.07, 6.45) is 0.656. The minimum Gasteiger partial charge on any atom is -0.464 e. The lowest BCUT2D eigenvalue weighted by molar-refractivity contribution is -0.150. The van der Waals surface area contributed by atoms with Crippen molar-refractivity contribution in [2.24, 2.45) is 0 Å². The van der Waals surface area contributed by atoms with E-state index in [0.717, 1.165) is 17.3 Å². The van der Waals surface area contributed by atoms with Gasteiger partial charge in [0.25, 0.3) is 0 Å². The van der Waals surface area contributed by atoms with Crippen LogP contribution in [0.2, 0.25) is 0 Å². The van der Waals surface area contributed by atoms with Gasteiger partial charge in [-0.2, -0.15) is 0 Å². The van der Waals surface area contributed by atoms with E-state index in [1.807, 2.05) is 6.07 Å². The lowest BCUT2D eigenvalue weighted by Crippen LogP contribution is -2.63. The number of ether oxygens (including phenoxy) is 2. The predicted octanol–water partition coefficient (Wildman–Crippen LogP) is 3.02. The lowest BCUT2D eigenvalue weighted by Gasteiger charge is -2.32. The van der Waals surface area contributed by atoms with Crippen LogP contribution < -0.4 is 10.6 Å². The van der Waals surface area contributed by atoms with E-state index >= 15 is 0 Å². The third kappa shape index (κ3) is 5.73. The molecule has 1 aromatic carbocycles. The second-order valence-corrected chi connectivity index (χ2v) is 11.0. The molecule has 2 aliphatic rings. The summed E-state index contributed by atoms with van der Waals surface area (Å²) in [7, 11) is 0. The molecule has 1 aliphatic heterocycles. The van der Waals surface area contributed by atoms with Gasteiger partial charge in [0, 0.05) is 18.4 Å². The first kappa shape index (κ1) is 28.0. The van der Waals surface area contributed by atoms with Gasteiger partial charge in [-0.1, -0.05) is 30.3 Å². The van der Waals surface area contributed by atoms with Crippen molar-refractivity contribution in [3.8, 4) is 0 Å². The number of carbonyl (C=O) groups is 5. The number of amides is 2. The number of thioether (sulfide) groups is 1. The minimum atomic E-state index is -1.95. The van der Waals surface area contributed by atoms with Gasteiger partial charge < -0.3 is 20.1 Å². The molecule has 0 saturated heterocycles. The summed E-state index contributed by atoms with van der Waals surface area (Å²) in [5, 5.41) is 5.27. The maximum absolute atomic E-state index is 13.8. The number of pyridine rings is 1. The summed E-state index contributed by atoms with van der Waals surface area (Å²) in [4.78, 5) is 70.8. The maximum atomic E-state index is 13.8. The van der Waals surface area contributed by atoms with E-state index < -0.39 is 46.7 Å². The molecule has 10 nitrogen and oxygen atoms in total. The minimum absolute atomic E-state index is 0.00622. The van der Waals surface area contributed by atoms with E-state index in [4.69, 9.17) is 9.47 Å². The van der Waals surface area contributed by atoms with Crippen molar-refractivity contribution in [1.82, 2.24) is 15.6 Å². The fraction of sp³-hybridized carbons (Fsp3) is 0.357. The Balaban J connectivity index is 1.72. The Kier molecular flexibility index (Phi) is 7.91. The van der Waals surface area contributed by atoms with Gasteiger partial charge in [0.15, 0.2) is 11.3 Å². The van der Waals surface area contributed by atoms with Crippen LogP contribution >= 0.6 is 11.8 Å². The number of nitrogens with zero attached hydrogens (tertiary/aromatic N) is 1. The van der Waals surface area contributed by atoms with Crippen LogP contribution in [-0.2, 0) is 25.5 Å². The quantitative estimate of drug-likeness (QED) is 0.497. The molecular weight excluding hydrogens is 522 g/mol. The van der Waals surface area contributed by atoms with E-state index in [1.165, 1.54) is 18.3 Å². The smallest absolute Gasteiger partial charge is 0.408 e. The van der Waals surface area contributed by atoms with Gasteiger partial charge in [0.1, 0.15) is 17.3 Å². The zero-order valence-corrected chi connectivity index (χ0v) is 22.8. The van der Waals surface area contributed by atoms with Crippen molar-refractivity contribution in [1.29, 1.82) is 0 Å². The monoisotopic (exact) mass is 551 g/mol. The van der Waals surface area contributed by atoms with Crippen molar-refractivity contribution in [3.63, 3.8) is 0 Å². The molecule has 0 bridgehead atoms. The lowest BCUT2D eigenvalue weighted by atomic mass is 9.80. The summed E-state index contributed by atoms with van der Waals surface area (Å²) < 4.78 is 10.7. The van der Waals surface area contributed by atoms with Crippen molar-refractivity contribution < 1.29 is 33.4 Å². The molecule has 0 fully saturated rings. The van der Waals surface area contributed by atoms with Gasteiger partial charge in [-0.15, -0.1) is 11.8 Å². The molecule has 0 saturated carbocycles. The summed E-state index contributed by atoms with van der Waals surface area (Å²) in [6, 6.07) is 10.8. The number of alkyl carbamates (subject to hydrolysis) is 1. The highest BCUT2D eigenvalue weighted by molar-refractivity contribution is 8.04. The SMILES string of the molecule is CCOC(=O)C1(NC(=O)[C@H](Cc2ccccc2)NC(=O)OC(C)(C)C)CSC2=C1C(=O)c1cccnc1C2=O. The van der Waals surface area contributed by atoms with E-state index in [9.17, 15) is 24.0 Å². The topological polar surface area (TPSA) is 141 Å². The van der Waals surface area contributed by atoms with Crippen molar-refractivity contribution in [2.75, 3.05) is 12.4 Å². The predicted molar refractivity (Wildman–Crippen MR) is 143 cm³/mol. The second-order valence-electron chi connectivity index (χ2n) is 10.1. The molecule has 2 aromatic rings. The summed E-state index contributed by atoms with van der Waals surface area (Å²) in [5.41, 5.74) is -2.14. The number of rotatable bonds is 7. The number of aromatic nitrogens is 1. The Morgan fingerprint density at radius 3 is 2.46 bits per heavy atom. The maximum Gasteiger partial charge on any atom is 0.408 e. The zero-order chi connectivity index (χ0) is 28.4. The molecule has 39 heavy (non-hydrogen) atoms. The molecule has 1 aromatic heterocycles. The van der Waals surface area contributed by atoms with Crippen LogP contribution in [0.3, 0.4) is 0 Å². The van der Waals surface area contributed by atoms with E-state index in [1.54, 1.807) is 52.0 Å². The first-order valence-electron chi connectivity index (χ1n) is 12.4. The van der Waals surface area contributed by atoms with Crippen LogP contribution in [-0.4, -0.2) is 64.1 Å². The third-order valence-corrected chi connectivity index (χ3v) is 7.29. The van der Waals surface area contributed by atoms with Crippen molar-refractivity contribution >= 4 is 41.3 Å². The highest BCUT2D eigenvalue weighted by atomic mass is 32.2. The Bertz CT molecular complexity index is 1370. The normalized spacial score (nSPS) is 19.1. The number of Topliss-reactive ketones (excluding diaryl/α,β-unsaturated/α-hetero) is 2. The molecular formula is C28H29N3O7S. The molecule has 4 rings (SSSR count). The number of hydrogen-bond acceptors (Lipinski definition) is 9. The van der Waals surface area contributed by atoms with Gasteiger partial charge in [0.2, 0.25) is 11.7 Å². The molecule has 2 N–H and O–H groups in total. The molecule has 2 atom stereocenters. The Morgan fingerprint density at radius 1 is 1.08 bits per heavy atom. The standard InChI is InChI=1S/C28H29N3O7S/c1-5-37-25(35)28(15-39-23-19(28)21(32)17-12-9-13-29-20(17)22(23)33)31-24(34)18(14-16-10-7-6-8-11-16)30-26(36)38-27(2,3)4/h6-13,18H,5,14-15H2,1-4H3,(H,30,36)(H,31,34)/t18-,28?/m0/s1. The average molecular weight is 552 g/mol. The van der Waals surface area contributed by atoms with Gasteiger partial charge in [-0.3, -0.25) is 19.4 Å². The number of allylic oxidation sites excluding steroid dienone is 1. The molecule has 2 amide bonds. The fourth-order valence-electron chi connectivity index (χ4n) is 4.38. The number of esters is 1. The molecule has 0 spiro atoms. The molecule has 204 valence electrons. The molecule has 11 heteroatoms. The van der Waals surface area contributed by atoms with Gasteiger partial charge in [0.05, 0.1) is 22.6 Å². The Morgan fingerprint density at radius 2 is 1.79 bits per heavy atom. The van der Waals surface area contributed by atoms with Crippen molar-refractivity contribution in [2.45, 2.75) is 51.3 Å². The zero-order valence-electron chi connectivity index (χ0n) is 22.0. The van der Waals surface area contributed by atoms with Crippen LogP contribution in [0, 0.1) is 0 Å². The van der Waals surface area contributed by atoms with Crippen LogP contribution in [0.15, 0.2) is 59.1 Å². The Hall–Kier alpha value is -3.99. The fourth-order valence-corrected chi connectivity index (χ4v) is 5.71. The van der Waals surface area contributed by atoms with Crippen LogP contribution in [0.4, 0.5) is 4.79 Å². The number of hydrogen-bond donors (Lipinski definition) is 2. The number of fused-ring (bicyclic) bond motifs is 1. The molecule has 0 radical (unpaired) electrons. The van der Waals surface area contributed by atoms with Crippen LogP contribution in [0.5, 0.6) is 0 Å². The van der Waals surface area contributed by atoms with Crippen LogP contribution in [0.25, 0.3) is 0 Å². The Labute approximate surface area is 229 Å². The molecule has 2 heterocycles. The van der Waals surface area contributed by atoms with Gasteiger partial charge >= 0.3 is 12.1 Å². The third-order valence-electron chi connectivity index (χ3n) is 6.04. The first-order chi connectivity index (χ1) is 18.5. The number of benzene rings is 1. The highest BCUT2D eigenvalue weighted by Gasteiger charge is 2.57. The summed E-state index contributed by atoms with van der Waals surface area (Å²) in [5.74, 6) is -2.86. The first-order valence-corrected chi connectivity index (χ1v) is 13.4.